The van der Waals surface area contributed by atoms with Gasteiger partial charge in [0.25, 0.3) is 0 Å². The van der Waals surface area contributed by atoms with E-state index in [2.05, 4.69) is 35.0 Å². The van der Waals surface area contributed by atoms with E-state index in [1.165, 1.54) is 11.1 Å². The summed E-state index contributed by atoms with van der Waals surface area (Å²) in [7, 11) is 0. The molecule has 0 atom stereocenters. The molecule has 0 N–H and O–H groups in total. The second-order valence-corrected chi connectivity index (χ2v) is 4.65. The first-order valence-corrected chi connectivity index (χ1v) is 6.63. The average Bonchev–Trinajstić information content (AvgIpc) is 2.95. The molecule has 18 heavy (non-hydrogen) atoms. The fraction of sp³-hybridized carbons (Fsp3) is 0. The van der Waals surface area contributed by atoms with Gasteiger partial charge in [0.2, 0.25) is 0 Å². The Kier molecular flexibility index (Phi) is 3.11. The van der Waals surface area contributed by atoms with E-state index in [1.54, 1.807) is 11.3 Å². The predicted octanol–water partition coefficient (Wildman–Crippen LogP) is 5.01. The first-order valence-electron chi connectivity index (χ1n) is 5.69. The Morgan fingerprint density at radius 1 is 0.889 bits per heavy atom. The summed E-state index contributed by atoms with van der Waals surface area (Å²) in [5.41, 5.74) is 2.46. The lowest BCUT2D eigenvalue weighted by Gasteiger charge is -2.05. The summed E-state index contributed by atoms with van der Waals surface area (Å²) >= 11 is 1.70. The van der Waals surface area contributed by atoms with Gasteiger partial charge in [-0.1, -0.05) is 30.3 Å². The molecule has 0 saturated carbocycles. The summed E-state index contributed by atoms with van der Waals surface area (Å²) in [6.45, 7) is 0. The molecule has 1 radical (unpaired) electrons. The van der Waals surface area contributed by atoms with Crippen LogP contribution < -0.4 is 4.74 Å². The quantitative estimate of drug-likeness (QED) is 0.636. The molecule has 1 heterocycles. The van der Waals surface area contributed by atoms with Crippen LogP contribution in [0.1, 0.15) is 0 Å². The lowest BCUT2D eigenvalue weighted by Crippen LogP contribution is -1.83. The minimum absolute atomic E-state index is 0.737. The first kappa shape index (κ1) is 11.1. The van der Waals surface area contributed by atoms with Crippen molar-refractivity contribution in [3.8, 4) is 22.6 Å². The molecule has 3 rings (SSSR count). The number of rotatable bonds is 3. The van der Waals surface area contributed by atoms with Gasteiger partial charge in [-0.3, -0.25) is 0 Å². The summed E-state index contributed by atoms with van der Waals surface area (Å²) in [6.07, 6.45) is 0. The third-order valence-corrected chi connectivity index (χ3v) is 3.30. The third-order valence-electron chi connectivity index (χ3n) is 2.62. The Labute approximate surface area is 110 Å². The van der Waals surface area contributed by atoms with E-state index < -0.39 is 0 Å². The fourth-order valence-electron chi connectivity index (χ4n) is 1.71. The van der Waals surface area contributed by atoms with Crippen molar-refractivity contribution in [3.63, 3.8) is 0 Å². The Balaban J connectivity index is 1.80. The number of hydrogen-bond acceptors (Lipinski definition) is 2. The molecule has 0 spiro atoms. The lowest BCUT2D eigenvalue weighted by atomic mass is 10.1. The van der Waals surface area contributed by atoms with Crippen LogP contribution in [0.3, 0.4) is 0 Å². The molecule has 0 aliphatic carbocycles. The van der Waals surface area contributed by atoms with Crippen LogP contribution in [0, 0.1) is 6.07 Å². The molecule has 2 heteroatoms. The van der Waals surface area contributed by atoms with E-state index in [0.29, 0.717) is 0 Å². The van der Waals surface area contributed by atoms with Gasteiger partial charge in [-0.2, -0.15) is 11.3 Å². The molecular weight excluding hydrogens is 240 g/mol. The van der Waals surface area contributed by atoms with Gasteiger partial charge in [-0.05, 0) is 46.2 Å². The Morgan fingerprint density at radius 2 is 1.78 bits per heavy atom. The van der Waals surface area contributed by atoms with E-state index in [1.807, 2.05) is 36.4 Å². The van der Waals surface area contributed by atoms with Gasteiger partial charge < -0.3 is 4.74 Å². The van der Waals surface area contributed by atoms with Crippen molar-refractivity contribution in [2.24, 2.45) is 0 Å². The minimum atomic E-state index is 0.737. The van der Waals surface area contributed by atoms with Crippen molar-refractivity contribution in [1.82, 2.24) is 0 Å². The van der Waals surface area contributed by atoms with Crippen molar-refractivity contribution in [2.75, 3.05) is 0 Å². The van der Waals surface area contributed by atoms with E-state index in [9.17, 15) is 0 Å². The zero-order valence-electron chi connectivity index (χ0n) is 9.67. The van der Waals surface area contributed by atoms with Gasteiger partial charge in [0, 0.05) is 6.07 Å². The zero-order chi connectivity index (χ0) is 12.2. The second-order valence-electron chi connectivity index (χ2n) is 3.87. The van der Waals surface area contributed by atoms with Gasteiger partial charge in [0.05, 0.1) is 0 Å². The fourth-order valence-corrected chi connectivity index (χ4v) is 2.38. The van der Waals surface area contributed by atoms with Crippen LogP contribution in [-0.2, 0) is 0 Å². The SMILES string of the molecule is [c]1ccccc1Oc1ccc(-c2ccsc2)cc1. The molecule has 0 unspecified atom stereocenters. The average molecular weight is 251 g/mol. The smallest absolute Gasteiger partial charge is 0.135 e. The van der Waals surface area contributed by atoms with E-state index >= 15 is 0 Å². The van der Waals surface area contributed by atoms with Gasteiger partial charge in [-0.25, -0.2) is 0 Å². The maximum absolute atomic E-state index is 5.70. The monoisotopic (exact) mass is 251 g/mol. The summed E-state index contributed by atoms with van der Waals surface area (Å²) in [6, 6.07) is 20.9. The third kappa shape index (κ3) is 2.44. The highest BCUT2D eigenvalue weighted by molar-refractivity contribution is 7.08. The topological polar surface area (TPSA) is 9.23 Å². The van der Waals surface area contributed by atoms with Crippen molar-refractivity contribution < 1.29 is 4.74 Å². The number of thiophene rings is 1. The molecule has 0 fully saturated rings. The molecule has 0 aliphatic rings. The van der Waals surface area contributed by atoms with Crippen LogP contribution in [0.15, 0.2) is 65.4 Å². The molecule has 0 amide bonds. The van der Waals surface area contributed by atoms with Crippen LogP contribution in [-0.4, -0.2) is 0 Å². The summed E-state index contributed by atoms with van der Waals surface area (Å²) in [5, 5.41) is 4.22. The summed E-state index contributed by atoms with van der Waals surface area (Å²) < 4.78 is 5.70. The molecular formula is C16H11OS. The molecule has 3 aromatic rings. The van der Waals surface area contributed by atoms with Crippen LogP contribution >= 0.6 is 11.3 Å². The molecule has 2 aromatic carbocycles. The van der Waals surface area contributed by atoms with Crippen molar-refractivity contribution in [2.45, 2.75) is 0 Å². The molecule has 87 valence electrons. The van der Waals surface area contributed by atoms with E-state index in [0.717, 1.165) is 11.5 Å². The van der Waals surface area contributed by atoms with Crippen LogP contribution in [0.4, 0.5) is 0 Å². The van der Waals surface area contributed by atoms with E-state index in [-0.39, 0.29) is 0 Å². The maximum atomic E-state index is 5.70. The van der Waals surface area contributed by atoms with Crippen molar-refractivity contribution >= 4 is 11.3 Å². The summed E-state index contributed by atoms with van der Waals surface area (Å²) in [5.74, 6) is 1.57. The first-order chi connectivity index (χ1) is 8.92. The molecule has 0 bridgehead atoms. The molecule has 1 aromatic heterocycles. The highest BCUT2D eigenvalue weighted by atomic mass is 32.1. The standard InChI is InChI=1S/C16H11OS/c1-2-4-15(5-3-1)17-16-8-6-13(7-9-16)14-10-11-18-12-14/h1-4,6-12H. The number of hydrogen-bond donors (Lipinski definition) is 0. The van der Waals surface area contributed by atoms with Gasteiger partial charge >= 0.3 is 0 Å². The normalized spacial score (nSPS) is 10.2. The minimum Gasteiger partial charge on any atom is -0.457 e. The zero-order valence-corrected chi connectivity index (χ0v) is 10.5. The number of benzene rings is 2. The Morgan fingerprint density at radius 3 is 2.44 bits per heavy atom. The molecule has 0 saturated heterocycles. The van der Waals surface area contributed by atoms with Crippen LogP contribution in [0.25, 0.3) is 11.1 Å². The van der Waals surface area contributed by atoms with Crippen LogP contribution in [0.2, 0.25) is 0 Å². The molecule has 0 aliphatic heterocycles. The maximum Gasteiger partial charge on any atom is 0.135 e. The van der Waals surface area contributed by atoms with Gasteiger partial charge in [0.1, 0.15) is 11.5 Å². The lowest BCUT2D eigenvalue weighted by molar-refractivity contribution is 0.482. The van der Waals surface area contributed by atoms with Gasteiger partial charge in [-0.15, -0.1) is 0 Å². The van der Waals surface area contributed by atoms with Crippen molar-refractivity contribution in [3.05, 3.63) is 71.4 Å². The Hall–Kier alpha value is -2.06. The largest absolute Gasteiger partial charge is 0.457 e. The highest BCUT2D eigenvalue weighted by Gasteiger charge is 2.00. The highest BCUT2D eigenvalue weighted by Crippen LogP contribution is 2.26. The summed E-state index contributed by atoms with van der Waals surface area (Å²) in [4.78, 5) is 0. The van der Waals surface area contributed by atoms with Crippen molar-refractivity contribution in [1.29, 1.82) is 0 Å². The van der Waals surface area contributed by atoms with Gasteiger partial charge in [0.15, 0.2) is 0 Å². The second kappa shape index (κ2) is 5.07. The molecule has 1 nitrogen and oxygen atoms in total. The van der Waals surface area contributed by atoms with E-state index in [4.69, 9.17) is 4.74 Å². The number of ether oxygens (including phenoxy) is 1. The predicted molar refractivity (Wildman–Crippen MR) is 75.1 cm³/mol. The Bertz CT molecular complexity index is 597. The van der Waals surface area contributed by atoms with Crippen LogP contribution in [0.5, 0.6) is 11.5 Å². The number of para-hydroxylation sites is 1.